The Kier molecular flexibility index (Phi) is 6.02. The summed E-state index contributed by atoms with van der Waals surface area (Å²) in [6, 6.07) is 67.1. The van der Waals surface area contributed by atoms with Crippen LogP contribution in [-0.2, 0) is 0 Å². The number of hydrogen-bond acceptors (Lipinski definition) is 3. The maximum Gasteiger partial charge on any atom is 0.333 e. The highest BCUT2D eigenvalue weighted by Crippen LogP contribution is 2.52. The van der Waals surface area contributed by atoms with Crippen molar-refractivity contribution in [3.05, 3.63) is 182 Å². The van der Waals surface area contributed by atoms with Gasteiger partial charge in [-0.1, -0.05) is 109 Å². The van der Waals surface area contributed by atoms with E-state index in [1.54, 1.807) is 0 Å². The molecule has 0 unspecified atom stereocenters. The van der Waals surface area contributed by atoms with Gasteiger partial charge in [-0.2, -0.15) is 0 Å². The predicted molar refractivity (Wildman–Crippen MR) is 227 cm³/mol. The molecule has 0 saturated heterocycles. The first-order valence-electron chi connectivity index (χ1n) is 18.2. The Morgan fingerprint density at radius 1 is 0.491 bits per heavy atom. The second-order valence-corrected chi connectivity index (χ2v) is 15.2. The van der Waals surface area contributed by atoms with E-state index in [4.69, 9.17) is 0 Å². The maximum atomic E-state index is 2.62. The van der Waals surface area contributed by atoms with E-state index in [0.29, 0.717) is 0 Å². The zero-order valence-electron chi connectivity index (χ0n) is 28.6. The van der Waals surface area contributed by atoms with Crippen molar-refractivity contribution in [2.45, 2.75) is 0 Å². The molecule has 0 radical (unpaired) electrons. The van der Waals surface area contributed by atoms with E-state index in [1.807, 2.05) is 11.3 Å². The van der Waals surface area contributed by atoms with Gasteiger partial charge in [0.05, 0.1) is 16.7 Å². The molecule has 2 aliphatic rings. The SMILES string of the molecule is c1ccc(N2B3c4ccccc4-n4c5ccccc5c5c(N(c6ccccc6)c6ccccc6)cc(c3c54)-c3cc4sc5ccccc5c4cc32)cc1. The number of thiophene rings is 1. The Morgan fingerprint density at radius 3 is 1.91 bits per heavy atom. The van der Waals surface area contributed by atoms with Crippen LogP contribution in [0.4, 0.5) is 28.4 Å². The van der Waals surface area contributed by atoms with Crippen molar-refractivity contribution in [2.75, 3.05) is 9.71 Å². The first kappa shape index (κ1) is 29.1. The second-order valence-electron chi connectivity index (χ2n) is 14.1. The molecule has 0 atom stereocenters. The molecule has 10 aromatic rings. The quantitative estimate of drug-likeness (QED) is 0.170. The van der Waals surface area contributed by atoms with E-state index in [1.165, 1.54) is 86.8 Å². The van der Waals surface area contributed by atoms with Crippen molar-refractivity contribution < 1.29 is 0 Å². The lowest BCUT2D eigenvalue weighted by Gasteiger charge is -2.42. The van der Waals surface area contributed by atoms with Gasteiger partial charge in [0, 0.05) is 64.9 Å². The lowest BCUT2D eigenvalue weighted by Crippen LogP contribution is -2.60. The van der Waals surface area contributed by atoms with Crippen LogP contribution in [0.3, 0.4) is 0 Å². The van der Waals surface area contributed by atoms with E-state index < -0.39 is 0 Å². The monoisotopic (exact) mass is 691 g/mol. The number of nitrogens with zero attached hydrogens (tertiary/aromatic N) is 3. The van der Waals surface area contributed by atoms with E-state index in [9.17, 15) is 0 Å². The van der Waals surface area contributed by atoms with Crippen LogP contribution in [0, 0.1) is 0 Å². The van der Waals surface area contributed by atoms with Crippen molar-refractivity contribution in [1.29, 1.82) is 0 Å². The Labute approximate surface area is 311 Å². The van der Waals surface area contributed by atoms with Crippen molar-refractivity contribution in [1.82, 2.24) is 4.57 Å². The molecule has 3 nitrogen and oxygen atoms in total. The summed E-state index contributed by atoms with van der Waals surface area (Å²) in [5, 5.41) is 5.15. The summed E-state index contributed by atoms with van der Waals surface area (Å²) in [4.78, 5) is 5.08. The van der Waals surface area contributed by atoms with Gasteiger partial charge in [-0.25, -0.2) is 0 Å². The molecule has 53 heavy (non-hydrogen) atoms. The largest absolute Gasteiger partial charge is 0.376 e. The van der Waals surface area contributed by atoms with Gasteiger partial charge in [0.2, 0.25) is 0 Å². The zero-order valence-corrected chi connectivity index (χ0v) is 29.5. The lowest BCUT2D eigenvalue weighted by atomic mass is 9.44. The maximum absolute atomic E-state index is 2.62. The van der Waals surface area contributed by atoms with Gasteiger partial charge in [0.15, 0.2) is 0 Å². The highest BCUT2D eigenvalue weighted by atomic mass is 32.1. The molecule has 4 heterocycles. The highest BCUT2D eigenvalue weighted by molar-refractivity contribution is 7.25. The molecule has 0 aliphatic carbocycles. The molecular formula is C48H30BN3S. The van der Waals surface area contributed by atoms with E-state index in [-0.39, 0.29) is 6.85 Å². The van der Waals surface area contributed by atoms with E-state index in [2.05, 4.69) is 196 Å². The average molecular weight is 692 g/mol. The third kappa shape index (κ3) is 4.00. The fourth-order valence-corrected chi connectivity index (χ4v) is 10.3. The Bertz CT molecular complexity index is 3040. The van der Waals surface area contributed by atoms with Gasteiger partial charge in [-0.15, -0.1) is 11.3 Å². The fourth-order valence-electron chi connectivity index (χ4n) is 9.21. The van der Waals surface area contributed by atoms with Gasteiger partial charge >= 0.3 is 6.85 Å². The number of aromatic nitrogens is 1. The van der Waals surface area contributed by atoms with Crippen LogP contribution in [0.1, 0.15) is 0 Å². The third-order valence-electron chi connectivity index (χ3n) is 11.3. The summed E-state index contributed by atoms with van der Waals surface area (Å²) in [6.07, 6.45) is 0. The Morgan fingerprint density at radius 2 is 1.13 bits per heavy atom. The molecule has 8 aromatic carbocycles. The van der Waals surface area contributed by atoms with Crippen molar-refractivity contribution in [3.8, 4) is 16.8 Å². The minimum Gasteiger partial charge on any atom is -0.376 e. The second kappa shape index (κ2) is 11.0. The van der Waals surface area contributed by atoms with Crippen LogP contribution >= 0.6 is 11.3 Å². The molecule has 5 heteroatoms. The number of rotatable bonds is 4. The molecular weight excluding hydrogens is 661 g/mol. The van der Waals surface area contributed by atoms with Gasteiger partial charge in [0.25, 0.3) is 0 Å². The number of benzene rings is 8. The number of anilines is 5. The summed E-state index contributed by atoms with van der Waals surface area (Å²) in [7, 11) is 0. The van der Waals surface area contributed by atoms with Crippen LogP contribution in [-0.4, -0.2) is 11.4 Å². The van der Waals surface area contributed by atoms with Crippen molar-refractivity contribution in [3.63, 3.8) is 0 Å². The summed E-state index contributed by atoms with van der Waals surface area (Å²) >= 11 is 1.89. The van der Waals surface area contributed by atoms with Gasteiger partial charge in [0.1, 0.15) is 0 Å². The van der Waals surface area contributed by atoms with Gasteiger partial charge in [-0.3, -0.25) is 0 Å². The first-order valence-corrected chi connectivity index (χ1v) is 19.0. The average Bonchev–Trinajstić information content (AvgIpc) is 3.77. The normalized spacial score (nSPS) is 12.8. The number of hydrogen-bond donors (Lipinski definition) is 0. The van der Waals surface area contributed by atoms with Crippen LogP contribution in [0.5, 0.6) is 0 Å². The fraction of sp³-hybridized carbons (Fsp3) is 0. The first-order chi connectivity index (χ1) is 26.3. The number of fused-ring (bicyclic) bond motifs is 11. The molecule has 2 aromatic heterocycles. The minimum atomic E-state index is -0.0336. The smallest absolute Gasteiger partial charge is 0.333 e. The van der Waals surface area contributed by atoms with Gasteiger partial charge in [-0.05, 0) is 89.3 Å². The summed E-state index contributed by atoms with van der Waals surface area (Å²) < 4.78 is 5.18. The minimum absolute atomic E-state index is 0.0336. The molecule has 12 rings (SSSR count). The molecule has 0 amide bonds. The Balaban J connectivity index is 1.31. The van der Waals surface area contributed by atoms with Gasteiger partial charge < -0.3 is 14.3 Å². The Hall–Kier alpha value is -6.56. The zero-order chi connectivity index (χ0) is 34.6. The summed E-state index contributed by atoms with van der Waals surface area (Å²) in [6.45, 7) is -0.0336. The lowest BCUT2D eigenvalue weighted by molar-refractivity contribution is 1.18. The van der Waals surface area contributed by atoms with Crippen LogP contribution in [0.25, 0.3) is 58.8 Å². The summed E-state index contributed by atoms with van der Waals surface area (Å²) in [5.41, 5.74) is 14.8. The molecule has 0 saturated carbocycles. The summed E-state index contributed by atoms with van der Waals surface area (Å²) in [5.74, 6) is 0. The molecule has 246 valence electrons. The number of para-hydroxylation sites is 5. The molecule has 2 aliphatic heterocycles. The highest BCUT2D eigenvalue weighted by Gasteiger charge is 2.45. The van der Waals surface area contributed by atoms with Crippen molar-refractivity contribution in [2.24, 2.45) is 0 Å². The van der Waals surface area contributed by atoms with Crippen LogP contribution in [0.15, 0.2) is 182 Å². The van der Waals surface area contributed by atoms with E-state index >= 15 is 0 Å². The third-order valence-corrected chi connectivity index (χ3v) is 12.4. The molecule has 0 fully saturated rings. The van der Waals surface area contributed by atoms with E-state index in [0.717, 1.165) is 11.4 Å². The molecule has 0 N–H and O–H groups in total. The molecule has 0 bridgehead atoms. The molecule has 0 spiro atoms. The van der Waals surface area contributed by atoms with Crippen LogP contribution < -0.4 is 20.6 Å². The topological polar surface area (TPSA) is 11.4 Å². The van der Waals surface area contributed by atoms with Crippen molar-refractivity contribution >= 4 is 99.5 Å². The van der Waals surface area contributed by atoms with Crippen LogP contribution in [0.2, 0.25) is 0 Å². The predicted octanol–water partition coefficient (Wildman–Crippen LogP) is 11.9. The standard InChI is InChI=1S/C48H30BN3S/c1-4-16-31(17-5-1)50(32-18-6-2-7-19-32)43-29-38-36-30-45-37(34-22-11-15-27-44(34)53-45)28-42(36)52(33-20-8-3-9-21-33)49-39-24-12-14-26-41(39)51-40-25-13-10-23-35(40)46(43)48(51)47(38)49/h1-30H.